The minimum absolute atomic E-state index is 0.170. The third-order valence-electron chi connectivity index (χ3n) is 7.42. The van der Waals surface area contributed by atoms with Gasteiger partial charge in [-0.15, -0.1) is 0 Å². The van der Waals surface area contributed by atoms with Crippen molar-refractivity contribution >= 4 is 0 Å². The molecule has 0 aromatic carbocycles. The topological polar surface area (TPSA) is 20.2 Å². The van der Waals surface area contributed by atoms with E-state index in [-0.39, 0.29) is 6.10 Å². The average Bonchev–Trinajstić information content (AvgIpc) is 2.81. The van der Waals surface area contributed by atoms with E-state index in [1.54, 1.807) is 5.57 Å². The largest absolute Gasteiger partial charge is 0.389 e. The van der Waals surface area contributed by atoms with Crippen LogP contribution in [0.3, 0.4) is 0 Å². The maximum Gasteiger partial charge on any atom is 0.0724 e. The highest BCUT2D eigenvalue weighted by atomic mass is 16.3. The van der Waals surface area contributed by atoms with Crippen LogP contribution in [-0.4, -0.2) is 11.2 Å². The molecule has 110 valence electrons. The van der Waals surface area contributed by atoms with Crippen molar-refractivity contribution in [3.05, 3.63) is 23.8 Å². The van der Waals surface area contributed by atoms with Gasteiger partial charge in [-0.25, -0.2) is 0 Å². The van der Waals surface area contributed by atoms with Crippen LogP contribution in [0, 0.1) is 28.6 Å². The maximum atomic E-state index is 9.96. The smallest absolute Gasteiger partial charge is 0.0724 e. The molecule has 4 aliphatic rings. The van der Waals surface area contributed by atoms with Gasteiger partial charge in [-0.05, 0) is 73.5 Å². The number of hydrogen-bond donors (Lipinski definition) is 1. The van der Waals surface area contributed by atoms with Gasteiger partial charge >= 0.3 is 0 Å². The summed E-state index contributed by atoms with van der Waals surface area (Å²) in [5.41, 5.74) is 2.48. The summed E-state index contributed by atoms with van der Waals surface area (Å²) in [6.07, 6.45) is 15.9. The van der Waals surface area contributed by atoms with Gasteiger partial charge in [-0.2, -0.15) is 0 Å². The predicted molar refractivity (Wildman–Crippen MR) is 82.2 cm³/mol. The molecule has 4 rings (SSSR count). The highest BCUT2D eigenvalue weighted by molar-refractivity contribution is 5.26. The predicted octanol–water partition coefficient (Wildman–Crippen LogP) is 4.48. The highest BCUT2D eigenvalue weighted by Gasteiger charge is 2.54. The first kappa shape index (κ1) is 13.1. The quantitative estimate of drug-likeness (QED) is 0.645. The van der Waals surface area contributed by atoms with E-state index in [0.717, 1.165) is 24.2 Å². The number of aliphatic hydroxyl groups excluding tert-OH is 1. The Kier molecular flexibility index (Phi) is 2.77. The van der Waals surface area contributed by atoms with Crippen LogP contribution >= 0.6 is 0 Å². The molecule has 0 aliphatic heterocycles. The molecule has 2 fully saturated rings. The molecule has 4 aliphatic carbocycles. The first-order valence-corrected chi connectivity index (χ1v) is 8.60. The summed E-state index contributed by atoms with van der Waals surface area (Å²) in [5, 5.41) is 9.96. The van der Waals surface area contributed by atoms with Crippen LogP contribution in [0.15, 0.2) is 23.8 Å². The van der Waals surface area contributed by atoms with E-state index in [1.807, 2.05) is 0 Å². The molecule has 0 bridgehead atoms. The second kappa shape index (κ2) is 4.22. The van der Waals surface area contributed by atoms with Gasteiger partial charge in [0.15, 0.2) is 0 Å². The van der Waals surface area contributed by atoms with Crippen molar-refractivity contribution in [2.45, 2.75) is 64.9 Å². The summed E-state index contributed by atoms with van der Waals surface area (Å²) in [5.74, 6) is 2.68. The molecule has 0 aromatic rings. The molecule has 6 atom stereocenters. The summed E-state index contributed by atoms with van der Waals surface area (Å²) in [7, 11) is 0. The summed E-state index contributed by atoms with van der Waals surface area (Å²) in [6, 6.07) is 0. The lowest BCUT2D eigenvalue weighted by molar-refractivity contribution is -0.0309. The summed E-state index contributed by atoms with van der Waals surface area (Å²) in [4.78, 5) is 0. The second-order valence-electron chi connectivity index (χ2n) is 8.31. The zero-order valence-corrected chi connectivity index (χ0v) is 12.9. The van der Waals surface area contributed by atoms with E-state index in [9.17, 15) is 5.11 Å². The van der Waals surface area contributed by atoms with Crippen molar-refractivity contribution in [3.8, 4) is 0 Å². The average molecular weight is 272 g/mol. The number of hydrogen-bond acceptors (Lipinski definition) is 1. The summed E-state index contributed by atoms with van der Waals surface area (Å²) >= 11 is 0. The molecule has 0 amide bonds. The molecule has 1 N–H and O–H groups in total. The van der Waals surface area contributed by atoms with Gasteiger partial charge < -0.3 is 5.11 Å². The Labute approximate surface area is 123 Å². The van der Waals surface area contributed by atoms with E-state index in [0.29, 0.717) is 10.8 Å². The minimum Gasteiger partial charge on any atom is -0.389 e. The number of allylic oxidation sites excluding steroid dienone is 3. The lowest BCUT2D eigenvalue weighted by atomic mass is 9.47. The van der Waals surface area contributed by atoms with Crippen LogP contribution in [0.5, 0.6) is 0 Å². The van der Waals surface area contributed by atoms with Crippen molar-refractivity contribution in [3.63, 3.8) is 0 Å². The van der Waals surface area contributed by atoms with Crippen LogP contribution in [0.25, 0.3) is 0 Å². The molecule has 0 radical (unpaired) electrons. The van der Waals surface area contributed by atoms with Crippen molar-refractivity contribution in [2.24, 2.45) is 28.6 Å². The number of rotatable bonds is 0. The molecule has 6 unspecified atom stereocenters. The highest BCUT2D eigenvalue weighted by Crippen LogP contribution is 2.63. The van der Waals surface area contributed by atoms with Crippen molar-refractivity contribution < 1.29 is 5.11 Å². The van der Waals surface area contributed by atoms with Crippen LogP contribution < -0.4 is 0 Å². The Morgan fingerprint density at radius 1 is 1.10 bits per heavy atom. The van der Waals surface area contributed by atoms with Gasteiger partial charge in [0.25, 0.3) is 0 Å². The van der Waals surface area contributed by atoms with Crippen LogP contribution in [0.4, 0.5) is 0 Å². The first-order chi connectivity index (χ1) is 9.53. The summed E-state index contributed by atoms with van der Waals surface area (Å²) < 4.78 is 0. The molecule has 1 heteroatoms. The molecule has 0 heterocycles. The number of aliphatic hydroxyl groups is 1. The number of fused-ring (bicyclic) bond motifs is 5. The third kappa shape index (κ3) is 1.65. The molecule has 0 spiro atoms. The monoisotopic (exact) mass is 272 g/mol. The van der Waals surface area contributed by atoms with Gasteiger partial charge in [-0.3, -0.25) is 0 Å². The second-order valence-corrected chi connectivity index (χ2v) is 8.31. The Balaban J connectivity index is 1.68. The standard InChI is InChI=1S/C19H28O/c1-18-9-3-4-16(18)15-6-5-13-12-14(20)7-11-19(13,2)17(15)8-10-18/h3,9,12,14-17,20H,4-8,10-11H2,1-2H3. The van der Waals surface area contributed by atoms with Gasteiger partial charge in [0.05, 0.1) is 6.10 Å². The molecule has 20 heavy (non-hydrogen) atoms. The van der Waals surface area contributed by atoms with E-state index in [4.69, 9.17) is 0 Å². The maximum absolute atomic E-state index is 9.96. The molecule has 1 nitrogen and oxygen atoms in total. The van der Waals surface area contributed by atoms with Gasteiger partial charge in [0, 0.05) is 0 Å². The zero-order valence-electron chi connectivity index (χ0n) is 12.9. The van der Waals surface area contributed by atoms with Crippen LogP contribution in [-0.2, 0) is 0 Å². The normalized spacial score (nSPS) is 53.9. The van der Waals surface area contributed by atoms with E-state index < -0.39 is 0 Å². The Morgan fingerprint density at radius 3 is 2.80 bits per heavy atom. The van der Waals surface area contributed by atoms with E-state index >= 15 is 0 Å². The fourth-order valence-electron chi connectivity index (χ4n) is 6.19. The minimum atomic E-state index is -0.170. The summed E-state index contributed by atoms with van der Waals surface area (Å²) in [6.45, 7) is 5.00. The Bertz CT molecular complexity index is 476. The molecule has 0 aromatic heterocycles. The van der Waals surface area contributed by atoms with E-state index in [2.05, 4.69) is 32.1 Å². The van der Waals surface area contributed by atoms with Gasteiger partial charge in [0.2, 0.25) is 0 Å². The molecular formula is C19H28O. The van der Waals surface area contributed by atoms with Crippen molar-refractivity contribution in [2.75, 3.05) is 0 Å². The van der Waals surface area contributed by atoms with Crippen LogP contribution in [0.2, 0.25) is 0 Å². The first-order valence-electron chi connectivity index (χ1n) is 8.60. The fourth-order valence-corrected chi connectivity index (χ4v) is 6.19. The molecule has 2 saturated carbocycles. The Hall–Kier alpha value is -0.560. The lowest BCUT2D eigenvalue weighted by Crippen LogP contribution is -2.49. The van der Waals surface area contributed by atoms with Gasteiger partial charge in [0.1, 0.15) is 0 Å². The SMILES string of the molecule is CC12C=CCC1C1CCC3=CC(O)CCC3(C)C1CC2. The van der Waals surface area contributed by atoms with Crippen molar-refractivity contribution in [1.29, 1.82) is 0 Å². The fraction of sp³-hybridized carbons (Fsp3) is 0.789. The van der Waals surface area contributed by atoms with E-state index in [1.165, 1.54) is 38.5 Å². The van der Waals surface area contributed by atoms with Gasteiger partial charge in [-0.1, -0.05) is 37.6 Å². The van der Waals surface area contributed by atoms with Crippen LogP contribution in [0.1, 0.15) is 58.8 Å². The Morgan fingerprint density at radius 2 is 1.95 bits per heavy atom. The van der Waals surface area contributed by atoms with Crippen molar-refractivity contribution in [1.82, 2.24) is 0 Å². The lowest BCUT2D eigenvalue weighted by Gasteiger charge is -2.57. The molecule has 0 saturated heterocycles. The zero-order chi connectivity index (χ0) is 14.0. The third-order valence-corrected chi connectivity index (χ3v) is 7.42. The molecular weight excluding hydrogens is 244 g/mol.